The van der Waals surface area contributed by atoms with Crippen molar-refractivity contribution in [3.05, 3.63) is 0 Å². The van der Waals surface area contributed by atoms with Crippen LogP contribution in [-0.4, -0.2) is 31.6 Å². The highest BCUT2D eigenvalue weighted by molar-refractivity contribution is 4.74. The van der Waals surface area contributed by atoms with E-state index in [0.29, 0.717) is 5.41 Å². The van der Waals surface area contributed by atoms with Gasteiger partial charge in [0.2, 0.25) is 0 Å². The number of nitrogens with zero attached hydrogens (tertiary/aromatic N) is 1. The van der Waals surface area contributed by atoms with E-state index in [1.165, 1.54) is 45.2 Å². The second kappa shape index (κ2) is 5.86. The van der Waals surface area contributed by atoms with Gasteiger partial charge in [0.1, 0.15) is 0 Å². The molecule has 0 bridgehead atoms. The lowest BCUT2D eigenvalue weighted by Crippen LogP contribution is -2.31. The fourth-order valence-electron chi connectivity index (χ4n) is 2.14. The Morgan fingerprint density at radius 3 is 2.47 bits per heavy atom. The van der Waals surface area contributed by atoms with Gasteiger partial charge in [-0.3, -0.25) is 0 Å². The smallest absolute Gasteiger partial charge is 0.000661 e. The van der Waals surface area contributed by atoms with E-state index < -0.39 is 0 Å². The highest BCUT2D eigenvalue weighted by Gasteiger charge is 2.19. The molecule has 90 valence electrons. The fraction of sp³-hybridized carbons (Fsp3) is 1.00. The maximum Gasteiger partial charge on any atom is 0.000661 e. The molecule has 0 spiro atoms. The van der Waals surface area contributed by atoms with Crippen LogP contribution in [0.15, 0.2) is 0 Å². The molecular weight excluding hydrogens is 184 g/mol. The maximum atomic E-state index is 5.72. The minimum atomic E-state index is 0.331. The van der Waals surface area contributed by atoms with E-state index in [0.717, 1.165) is 12.5 Å². The molecular formula is C13H28N2. The Balaban J connectivity index is 2.03. The van der Waals surface area contributed by atoms with E-state index in [2.05, 4.69) is 25.8 Å². The molecule has 0 unspecified atom stereocenters. The first-order valence-corrected chi connectivity index (χ1v) is 6.42. The average molecular weight is 212 g/mol. The Bertz CT molecular complexity index is 173. The molecule has 1 saturated carbocycles. The van der Waals surface area contributed by atoms with Gasteiger partial charge in [-0.1, -0.05) is 20.3 Å². The zero-order valence-electron chi connectivity index (χ0n) is 10.8. The summed E-state index contributed by atoms with van der Waals surface area (Å²) in [5.41, 5.74) is 6.05. The lowest BCUT2D eigenvalue weighted by molar-refractivity contribution is 0.195. The zero-order chi connectivity index (χ0) is 11.3. The van der Waals surface area contributed by atoms with Crippen molar-refractivity contribution in [2.75, 3.05) is 26.7 Å². The van der Waals surface area contributed by atoms with Gasteiger partial charge in [0.05, 0.1) is 0 Å². The van der Waals surface area contributed by atoms with Gasteiger partial charge in [-0.2, -0.15) is 0 Å². The summed E-state index contributed by atoms with van der Waals surface area (Å²) in [5.74, 6) is 0.998. The van der Waals surface area contributed by atoms with Crippen molar-refractivity contribution in [2.24, 2.45) is 17.1 Å². The van der Waals surface area contributed by atoms with Crippen LogP contribution in [0.2, 0.25) is 0 Å². The van der Waals surface area contributed by atoms with Gasteiger partial charge in [-0.05, 0) is 57.2 Å². The van der Waals surface area contributed by atoms with Crippen LogP contribution >= 0.6 is 0 Å². The van der Waals surface area contributed by atoms with E-state index in [1.54, 1.807) is 0 Å². The quantitative estimate of drug-likeness (QED) is 0.702. The normalized spacial score (nSPS) is 18.2. The van der Waals surface area contributed by atoms with Crippen LogP contribution in [0.4, 0.5) is 0 Å². The third kappa shape index (κ3) is 4.98. The Morgan fingerprint density at radius 2 is 2.00 bits per heavy atom. The van der Waals surface area contributed by atoms with Gasteiger partial charge in [0, 0.05) is 6.54 Å². The topological polar surface area (TPSA) is 29.3 Å². The highest BCUT2D eigenvalue weighted by atomic mass is 15.1. The first-order valence-electron chi connectivity index (χ1n) is 6.42. The molecule has 0 aromatic carbocycles. The van der Waals surface area contributed by atoms with E-state index >= 15 is 0 Å². The number of hydrogen-bond acceptors (Lipinski definition) is 2. The molecule has 2 heteroatoms. The summed E-state index contributed by atoms with van der Waals surface area (Å²) >= 11 is 0. The second-order valence-electron chi connectivity index (χ2n) is 6.03. The third-order valence-electron chi connectivity index (χ3n) is 3.74. The second-order valence-corrected chi connectivity index (χ2v) is 6.03. The summed E-state index contributed by atoms with van der Waals surface area (Å²) in [6, 6.07) is 0. The molecule has 1 aliphatic carbocycles. The summed E-state index contributed by atoms with van der Waals surface area (Å²) in [4.78, 5) is 2.50. The predicted molar refractivity (Wildman–Crippen MR) is 66.9 cm³/mol. The predicted octanol–water partition coefficient (Wildman–Crippen LogP) is 2.48. The molecule has 1 rings (SSSR count). The standard InChI is InChI=1S/C13H28N2/c1-13(2,11-14)8-5-9-15(3)10-12-6-4-7-12/h12H,4-11,14H2,1-3H3. The van der Waals surface area contributed by atoms with E-state index in [1.807, 2.05) is 0 Å². The fourth-order valence-corrected chi connectivity index (χ4v) is 2.14. The SMILES string of the molecule is CN(CCCC(C)(C)CN)CC1CCC1. The van der Waals surface area contributed by atoms with Crippen LogP contribution in [0.25, 0.3) is 0 Å². The number of rotatable bonds is 7. The minimum absolute atomic E-state index is 0.331. The van der Waals surface area contributed by atoms with Gasteiger partial charge < -0.3 is 10.6 Å². The Kier molecular flexibility index (Phi) is 5.07. The lowest BCUT2D eigenvalue weighted by Gasteiger charge is -2.31. The maximum absolute atomic E-state index is 5.72. The van der Waals surface area contributed by atoms with Gasteiger partial charge in [0.25, 0.3) is 0 Å². The highest BCUT2D eigenvalue weighted by Crippen LogP contribution is 2.27. The van der Waals surface area contributed by atoms with Crippen molar-refractivity contribution in [2.45, 2.75) is 46.0 Å². The summed E-state index contributed by atoms with van der Waals surface area (Å²) in [6.07, 6.45) is 6.90. The van der Waals surface area contributed by atoms with Crippen molar-refractivity contribution in [1.29, 1.82) is 0 Å². The third-order valence-corrected chi connectivity index (χ3v) is 3.74. The van der Waals surface area contributed by atoms with Crippen LogP contribution in [0.5, 0.6) is 0 Å². The minimum Gasteiger partial charge on any atom is -0.330 e. The molecule has 15 heavy (non-hydrogen) atoms. The number of nitrogens with two attached hydrogens (primary N) is 1. The summed E-state index contributed by atoms with van der Waals surface area (Å²) in [6.45, 7) is 7.88. The molecule has 0 aliphatic heterocycles. The van der Waals surface area contributed by atoms with Crippen molar-refractivity contribution >= 4 is 0 Å². The molecule has 0 aromatic heterocycles. The number of hydrogen-bond donors (Lipinski definition) is 1. The van der Waals surface area contributed by atoms with Crippen molar-refractivity contribution in [1.82, 2.24) is 4.90 Å². The van der Waals surface area contributed by atoms with Crippen LogP contribution in [0.1, 0.15) is 46.0 Å². The summed E-state index contributed by atoms with van der Waals surface area (Å²) < 4.78 is 0. The molecule has 0 heterocycles. The molecule has 0 saturated heterocycles. The zero-order valence-corrected chi connectivity index (χ0v) is 10.8. The molecule has 0 atom stereocenters. The van der Waals surface area contributed by atoms with Crippen LogP contribution in [-0.2, 0) is 0 Å². The van der Waals surface area contributed by atoms with Gasteiger partial charge in [-0.25, -0.2) is 0 Å². The largest absolute Gasteiger partial charge is 0.330 e. The van der Waals surface area contributed by atoms with Crippen molar-refractivity contribution in [3.8, 4) is 0 Å². The molecule has 1 aliphatic rings. The van der Waals surface area contributed by atoms with Crippen LogP contribution < -0.4 is 5.73 Å². The summed E-state index contributed by atoms with van der Waals surface area (Å²) in [5, 5.41) is 0. The van der Waals surface area contributed by atoms with Crippen molar-refractivity contribution in [3.63, 3.8) is 0 Å². The molecule has 1 fully saturated rings. The lowest BCUT2D eigenvalue weighted by atomic mass is 9.85. The Labute approximate surface area is 95.2 Å². The molecule has 0 radical (unpaired) electrons. The van der Waals surface area contributed by atoms with Gasteiger partial charge in [0.15, 0.2) is 0 Å². The average Bonchev–Trinajstić information content (AvgIpc) is 2.11. The van der Waals surface area contributed by atoms with E-state index in [4.69, 9.17) is 5.73 Å². The van der Waals surface area contributed by atoms with E-state index in [9.17, 15) is 0 Å². The Morgan fingerprint density at radius 1 is 1.33 bits per heavy atom. The monoisotopic (exact) mass is 212 g/mol. The van der Waals surface area contributed by atoms with Gasteiger partial charge >= 0.3 is 0 Å². The first-order chi connectivity index (χ1) is 7.03. The van der Waals surface area contributed by atoms with Crippen molar-refractivity contribution < 1.29 is 0 Å². The van der Waals surface area contributed by atoms with Gasteiger partial charge in [-0.15, -0.1) is 0 Å². The molecule has 2 N–H and O–H groups in total. The molecule has 0 aromatic rings. The summed E-state index contributed by atoms with van der Waals surface area (Å²) in [7, 11) is 2.26. The van der Waals surface area contributed by atoms with Crippen LogP contribution in [0, 0.1) is 11.3 Å². The molecule has 0 amide bonds. The van der Waals surface area contributed by atoms with Crippen LogP contribution in [0.3, 0.4) is 0 Å². The first kappa shape index (κ1) is 13.0. The van der Waals surface area contributed by atoms with E-state index in [-0.39, 0.29) is 0 Å². The Hall–Kier alpha value is -0.0800. The molecule has 2 nitrogen and oxygen atoms in total.